The fourth-order valence-electron chi connectivity index (χ4n) is 3.35. The fourth-order valence-corrected chi connectivity index (χ4v) is 3.35. The second-order valence-electron chi connectivity index (χ2n) is 6.86. The number of nitrogens with zero attached hydrogens (tertiary/aromatic N) is 4. The zero-order valence-electron chi connectivity index (χ0n) is 16.0. The number of hydrogen-bond acceptors (Lipinski definition) is 3. The van der Waals surface area contributed by atoms with E-state index < -0.39 is 0 Å². The van der Waals surface area contributed by atoms with E-state index in [1.807, 2.05) is 0 Å². The van der Waals surface area contributed by atoms with Crippen LogP contribution in [0.1, 0.15) is 49.0 Å². The lowest BCUT2D eigenvalue weighted by atomic mass is 10.1. The normalized spacial score (nSPS) is 14.6. The molecule has 0 radical (unpaired) electrons. The summed E-state index contributed by atoms with van der Waals surface area (Å²) < 4.78 is 2.31. The Bertz CT molecular complexity index is 734. The number of rotatable bonds is 6. The average Bonchev–Trinajstić information content (AvgIpc) is 2.86. The summed E-state index contributed by atoms with van der Waals surface area (Å²) >= 11 is 0. The van der Waals surface area contributed by atoms with Crippen LogP contribution in [0, 0.1) is 6.92 Å². The summed E-state index contributed by atoms with van der Waals surface area (Å²) in [5.74, 6) is 3.09. The van der Waals surface area contributed by atoms with Crippen LogP contribution in [-0.4, -0.2) is 33.8 Å². The highest BCUT2D eigenvalue weighted by atomic mass is 15.3. The Morgan fingerprint density at radius 2 is 2.12 bits per heavy atom. The Morgan fingerprint density at radius 1 is 1.19 bits per heavy atom. The third-order valence-corrected chi connectivity index (χ3v) is 4.67. The molecule has 0 fully saturated rings. The third kappa shape index (κ3) is 5.07. The lowest BCUT2D eigenvalue weighted by Gasteiger charge is -2.12. The second kappa shape index (κ2) is 9.36. The summed E-state index contributed by atoms with van der Waals surface area (Å²) in [6, 6.07) is 8.49. The van der Waals surface area contributed by atoms with Crippen molar-refractivity contribution in [3.05, 3.63) is 47.0 Å². The lowest BCUT2D eigenvalue weighted by Crippen LogP contribution is -2.38. The molecule has 1 aliphatic rings. The molecule has 1 aromatic carbocycles. The van der Waals surface area contributed by atoms with Crippen molar-refractivity contribution in [2.75, 3.05) is 13.1 Å². The van der Waals surface area contributed by atoms with E-state index in [9.17, 15) is 0 Å². The molecule has 2 heterocycles. The van der Waals surface area contributed by atoms with Crippen molar-refractivity contribution in [3.8, 4) is 0 Å². The molecular formula is C20H30N6. The topological polar surface area (TPSA) is 67.1 Å². The minimum Gasteiger partial charge on any atom is -0.357 e. The van der Waals surface area contributed by atoms with E-state index in [-0.39, 0.29) is 0 Å². The van der Waals surface area contributed by atoms with Crippen LogP contribution in [0.15, 0.2) is 29.3 Å². The lowest BCUT2D eigenvalue weighted by molar-refractivity contribution is 0.600. The van der Waals surface area contributed by atoms with Gasteiger partial charge in [-0.25, -0.2) is 4.99 Å². The first kappa shape index (κ1) is 18.4. The molecule has 2 N–H and O–H groups in total. The van der Waals surface area contributed by atoms with Crippen LogP contribution in [0.5, 0.6) is 0 Å². The standard InChI is InChI=1S/C20H30N6/c1-3-21-20(23-15-17-9-7-8-16(2)14-17)22-12-11-19-25-24-18-10-5-4-6-13-26(18)19/h7-9,14H,3-6,10-13,15H2,1-2H3,(H2,21,22,23). The quantitative estimate of drug-likeness (QED) is 0.618. The molecular weight excluding hydrogens is 324 g/mol. The van der Waals surface area contributed by atoms with Crippen molar-refractivity contribution in [3.63, 3.8) is 0 Å². The summed E-state index contributed by atoms with van der Waals surface area (Å²) in [5.41, 5.74) is 2.49. The van der Waals surface area contributed by atoms with Crippen molar-refractivity contribution in [2.45, 2.75) is 59.0 Å². The van der Waals surface area contributed by atoms with Gasteiger partial charge in [-0.2, -0.15) is 0 Å². The van der Waals surface area contributed by atoms with Crippen LogP contribution in [0.3, 0.4) is 0 Å². The van der Waals surface area contributed by atoms with Crippen molar-refractivity contribution in [1.29, 1.82) is 0 Å². The molecule has 0 unspecified atom stereocenters. The van der Waals surface area contributed by atoms with E-state index in [1.165, 1.54) is 30.4 Å². The van der Waals surface area contributed by atoms with Gasteiger partial charge in [-0.3, -0.25) is 0 Å². The minimum atomic E-state index is 0.678. The largest absolute Gasteiger partial charge is 0.357 e. The molecule has 3 rings (SSSR count). The van der Waals surface area contributed by atoms with Crippen LogP contribution >= 0.6 is 0 Å². The van der Waals surface area contributed by atoms with Crippen molar-refractivity contribution in [1.82, 2.24) is 25.4 Å². The van der Waals surface area contributed by atoms with Crippen molar-refractivity contribution < 1.29 is 0 Å². The van der Waals surface area contributed by atoms with E-state index in [0.29, 0.717) is 6.54 Å². The molecule has 0 amide bonds. The predicted molar refractivity (Wildman–Crippen MR) is 105 cm³/mol. The summed E-state index contributed by atoms with van der Waals surface area (Å²) in [7, 11) is 0. The predicted octanol–water partition coefficient (Wildman–Crippen LogP) is 2.61. The average molecular weight is 355 g/mol. The van der Waals surface area contributed by atoms with E-state index in [0.717, 1.165) is 50.1 Å². The van der Waals surface area contributed by atoms with E-state index in [4.69, 9.17) is 4.99 Å². The zero-order valence-corrected chi connectivity index (χ0v) is 16.0. The van der Waals surface area contributed by atoms with Crippen LogP contribution in [0.2, 0.25) is 0 Å². The molecule has 0 bridgehead atoms. The zero-order chi connectivity index (χ0) is 18.2. The molecule has 26 heavy (non-hydrogen) atoms. The monoisotopic (exact) mass is 354 g/mol. The number of aromatic nitrogens is 3. The Hall–Kier alpha value is -2.37. The van der Waals surface area contributed by atoms with Gasteiger partial charge in [0.2, 0.25) is 0 Å². The van der Waals surface area contributed by atoms with Gasteiger partial charge in [0.15, 0.2) is 5.96 Å². The van der Waals surface area contributed by atoms with Crippen molar-refractivity contribution in [2.24, 2.45) is 4.99 Å². The van der Waals surface area contributed by atoms with Crippen LogP contribution in [0.25, 0.3) is 0 Å². The molecule has 0 aliphatic carbocycles. The van der Waals surface area contributed by atoms with Gasteiger partial charge >= 0.3 is 0 Å². The number of nitrogens with one attached hydrogen (secondary N) is 2. The summed E-state index contributed by atoms with van der Waals surface area (Å²) in [6.45, 7) is 7.58. The van der Waals surface area contributed by atoms with E-state index in [1.54, 1.807) is 0 Å². The Kier molecular flexibility index (Phi) is 6.63. The first-order valence-electron chi connectivity index (χ1n) is 9.75. The summed E-state index contributed by atoms with van der Waals surface area (Å²) in [6.07, 6.45) is 5.67. The maximum atomic E-state index is 4.70. The number of aryl methyl sites for hydroxylation is 2. The van der Waals surface area contributed by atoms with Crippen LogP contribution < -0.4 is 10.6 Å². The number of benzene rings is 1. The minimum absolute atomic E-state index is 0.678. The summed E-state index contributed by atoms with van der Waals surface area (Å²) in [5, 5.41) is 15.5. The maximum absolute atomic E-state index is 4.70. The SMILES string of the molecule is CCNC(=NCc1cccc(C)c1)NCCc1nnc2n1CCCCC2. The maximum Gasteiger partial charge on any atom is 0.191 e. The number of fused-ring (bicyclic) bond motifs is 1. The van der Waals surface area contributed by atoms with Gasteiger partial charge in [0, 0.05) is 32.5 Å². The molecule has 6 heteroatoms. The first-order valence-corrected chi connectivity index (χ1v) is 9.75. The van der Waals surface area contributed by atoms with Gasteiger partial charge in [-0.15, -0.1) is 10.2 Å². The Balaban J connectivity index is 1.55. The number of guanidine groups is 1. The number of hydrogen-bond donors (Lipinski definition) is 2. The molecule has 6 nitrogen and oxygen atoms in total. The molecule has 0 spiro atoms. The second-order valence-corrected chi connectivity index (χ2v) is 6.86. The van der Waals surface area contributed by atoms with Gasteiger partial charge in [-0.05, 0) is 32.3 Å². The number of aliphatic imine (C=N–C) groups is 1. The Morgan fingerprint density at radius 3 is 2.96 bits per heavy atom. The van der Waals surface area contributed by atoms with Crippen LogP contribution in [0.4, 0.5) is 0 Å². The van der Waals surface area contributed by atoms with Crippen LogP contribution in [-0.2, 0) is 25.9 Å². The van der Waals surface area contributed by atoms with Gasteiger partial charge in [0.25, 0.3) is 0 Å². The first-order chi connectivity index (χ1) is 12.8. The van der Waals surface area contributed by atoms with E-state index in [2.05, 4.69) is 63.5 Å². The van der Waals surface area contributed by atoms with Crippen molar-refractivity contribution >= 4 is 5.96 Å². The fraction of sp³-hybridized carbons (Fsp3) is 0.550. The van der Waals surface area contributed by atoms with E-state index >= 15 is 0 Å². The van der Waals surface area contributed by atoms with Gasteiger partial charge in [0.1, 0.15) is 11.6 Å². The summed E-state index contributed by atoms with van der Waals surface area (Å²) in [4.78, 5) is 4.70. The van der Waals surface area contributed by atoms with Gasteiger partial charge in [-0.1, -0.05) is 36.2 Å². The highest BCUT2D eigenvalue weighted by Crippen LogP contribution is 2.14. The van der Waals surface area contributed by atoms with Gasteiger partial charge < -0.3 is 15.2 Å². The molecule has 0 saturated heterocycles. The Labute approximate surface area is 156 Å². The molecule has 140 valence electrons. The molecule has 1 aliphatic heterocycles. The highest BCUT2D eigenvalue weighted by Gasteiger charge is 2.14. The molecule has 2 aromatic rings. The molecule has 0 atom stereocenters. The van der Waals surface area contributed by atoms with Gasteiger partial charge in [0.05, 0.1) is 6.54 Å². The highest BCUT2D eigenvalue weighted by molar-refractivity contribution is 5.79. The molecule has 1 aromatic heterocycles. The smallest absolute Gasteiger partial charge is 0.191 e. The third-order valence-electron chi connectivity index (χ3n) is 4.67. The molecule has 0 saturated carbocycles.